The molecule has 0 radical (unpaired) electrons. The molecule has 1 aliphatic rings. The van der Waals surface area contributed by atoms with Gasteiger partial charge in [0.1, 0.15) is 5.58 Å². The second kappa shape index (κ2) is 9.91. The molecule has 0 aliphatic heterocycles. The van der Waals surface area contributed by atoms with Gasteiger partial charge >= 0.3 is 5.97 Å². The zero-order chi connectivity index (χ0) is 21.7. The number of carboxylic acid groups (broad SMARTS) is 1. The Morgan fingerprint density at radius 2 is 2.03 bits per heavy atom. The van der Waals surface area contributed by atoms with E-state index in [1.165, 1.54) is 6.92 Å². The molecule has 0 saturated heterocycles. The number of carbonyl (C=O) groups is 2. The summed E-state index contributed by atoms with van der Waals surface area (Å²) in [7, 11) is 0. The van der Waals surface area contributed by atoms with Gasteiger partial charge in [-0.15, -0.1) is 0 Å². The molecule has 1 amide bonds. The van der Waals surface area contributed by atoms with Crippen LogP contribution in [0.25, 0.3) is 11.0 Å². The van der Waals surface area contributed by atoms with Gasteiger partial charge in [-0.3, -0.25) is 4.79 Å². The van der Waals surface area contributed by atoms with Gasteiger partial charge in [0.2, 0.25) is 5.91 Å². The molecule has 0 bridgehead atoms. The molecule has 162 valence electrons. The van der Waals surface area contributed by atoms with Gasteiger partial charge in [0.15, 0.2) is 0 Å². The fraction of sp³-hybridized carbons (Fsp3) is 0.478. The average Bonchev–Trinajstić information content (AvgIpc) is 3.19. The number of hydrogen-bond acceptors (Lipinski definition) is 5. The highest BCUT2D eigenvalue weighted by atomic mass is 16.5. The normalized spacial score (nSPS) is 21.6. The molecule has 3 N–H and O–H groups in total. The Kier molecular flexibility index (Phi) is 7.29. The molecular formula is C23H30N2O5. The van der Waals surface area contributed by atoms with Crippen LogP contribution in [0.5, 0.6) is 0 Å². The summed E-state index contributed by atoms with van der Waals surface area (Å²) in [5.74, 6) is -1.13. The van der Waals surface area contributed by atoms with Gasteiger partial charge < -0.3 is 24.9 Å². The quantitative estimate of drug-likeness (QED) is 0.582. The Morgan fingerprint density at radius 3 is 2.70 bits per heavy atom. The smallest absolute Gasteiger partial charge is 0.331 e. The Balaban J connectivity index is 1.82. The van der Waals surface area contributed by atoms with Crippen LogP contribution in [0.4, 0.5) is 0 Å². The van der Waals surface area contributed by atoms with Gasteiger partial charge in [-0.05, 0) is 49.1 Å². The number of fused-ring (bicyclic) bond motifs is 1. The highest BCUT2D eigenvalue weighted by Gasteiger charge is 2.37. The van der Waals surface area contributed by atoms with Crippen molar-refractivity contribution >= 4 is 22.8 Å². The summed E-state index contributed by atoms with van der Waals surface area (Å²) in [5, 5.41) is 17.1. The monoisotopic (exact) mass is 414 g/mol. The van der Waals surface area contributed by atoms with E-state index in [0.717, 1.165) is 29.4 Å². The fourth-order valence-electron chi connectivity index (χ4n) is 3.94. The van der Waals surface area contributed by atoms with Crippen LogP contribution in [-0.4, -0.2) is 41.3 Å². The van der Waals surface area contributed by atoms with Crippen molar-refractivity contribution in [1.29, 1.82) is 0 Å². The largest absolute Gasteiger partial charge is 0.478 e. The van der Waals surface area contributed by atoms with Crippen LogP contribution in [0.2, 0.25) is 0 Å². The molecule has 1 heterocycles. The molecule has 1 aromatic heterocycles. The molecule has 1 aromatic carbocycles. The summed E-state index contributed by atoms with van der Waals surface area (Å²) < 4.78 is 11.6. The summed E-state index contributed by atoms with van der Waals surface area (Å²) in [5.41, 5.74) is 2.17. The van der Waals surface area contributed by atoms with Crippen LogP contribution in [0.1, 0.15) is 45.6 Å². The van der Waals surface area contributed by atoms with Crippen molar-refractivity contribution in [2.75, 3.05) is 0 Å². The summed E-state index contributed by atoms with van der Waals surface area (Å²) >= 11 is 0. The molecule has 3 rings (SSSR count). The number of carboxylic acids is 1. The van der Waals surface area contributed by atoms with E-state index in [2.05, 4.69) is 10.6 Å². The zero-order valence-electron chi connectivity index (χ0n) is 17.7. The summed E-state index contributed by atoms with van der Waals surface area (Å²) in [6, 6.07) is 7.20. The first-order valence-electron chi connectivity index (χ1n) is 10.5. The maximum absolute atomic E-state index is 11.9. The number of furan rings is 1. The Labute approximate surface area is 176 Å². The summed E-state index contributed by atoms with van der Waals surface area (Å²) in [6.45, 7) is 6.07. The lowest BCUT2D eigenvalue weighted by Crippen LogP contribution is -2.58. The third kappa shape index (κ3) is 5.29. The number of carbonyl (C=O) groups excluding carboxylic acids is 1. The predicted molar refractivity (Wildman–Crippen MR) is 114 cm³/mol. The van der Waals surface area contributed by atoms with Crippen molar-refractivity contribution in [3.63, 3.8) is 0 Å². The molecule has 0 spiro atoms. The lowest BCUT2D eigenvalue weighted by atomic mass is 9.87. The van der Waals surface area contributed by atoms with Gasteiger partial charge in [-0.2, -0.15) is 0 Å². The van der Waals surface area contributed by atoms with Crippen molar-refractivity contribution in [1.82, 2.24) is 10.6 Å². The van der Waals surface area contributed by atoms with Crippen LogP contribution >= 0.6 is 0 Å². The zero-order valence-corrected chi connectivity index (χ0v) is 17.7. The first-order valence-corrected chi connectivity index (χ1v) is 10.5. The van der Waals surface area contributed by atoms with E-state index in [0.29, 0.717) is 18.5 Å². The first-order chi connectivity index (χ1) is 14.4. The van der Waals surface area contributed by atoms with Gasteiger partial charge in [-0.25, -0.2) is 4.79 Å². The minimum atomic E-state index is -0.957. The van der Waals surface area contributed by atoms with Crippen LogP contribution < -0.4 is 10.6 Å². The Bertz CT molecular complexity index is 915. The molecule has 30 heavy (non-hydrogen) atoms. The van der Waals surface area contributed by atoms with E-state index in [-0.39, 0.29) is 24.1 Å². The van der Waals surface area contributed by atoms with Crippen LogP contribution in [-0.2, 0) is 20.9 Å². The molecular weight excluding hydrogens is 384 g/mol. The van der Waals surface area contributed by atoms with Crippen molar-refractivity contribution in [2.45, 2.75) is 70.9 Å². The van der Waals surface area contributed by atoms with E-state index in [9.17, 15) is 14.7 Å². The van der Waals surface area contributed by atoms with Crippen LogP contribution in [0.3, 0.4) is 0 Å². The molecule has 3 atom stereocenters. The summed E-state index contributed by atoms with van der Waals surface area (Å²) in [6.07, 6.45) is 4.73. The number of amides is 1. The Morgan fingerprint density at radius 1 is 1.27 bits per heavy atom. The second-order valence-corrected chi connectivity index (χ2v) is 7.75. The first kappa shape index (κ1) is 22.1. The van der Waals surface area contributed by atoms with Gasteiger partial charge in [0, 0.05) is 30.5 Å². The third-order valence-electron chi connectivity index (χ3n) is 5.58. The highest BCUT2D eigenvalue weighted by Crippen LogP contribution is 2.25. The highest BCUT2D eigenvalue weighted by molar-refractivity contribution is 5.87. The Hall–Kier alpha value is -2.64. The molecule has 0 saturated carbocycles. The molecule has 0 unspecified atom stereocenters. The van der Waals surface area contributed by atoms with E-state index >= 15 is 0 Å². The number of ether oxygens (including phenoxy) is 1. The number of aliphatic carboxylic acids is 1. The van der Waals surface area contributed by atoms with Crippen molar-refractivity contribution in [2.24, 2.45) is 0 Å². The minimum Gasteiger partial charge on any atom is -0.478 e. The number of benzene rings is 1. The van der Waals surface area contributed by atoms with E-state index < -0.39 is 12.1 Å². The summed E-state index contributed by atoms with van der Waals surface area (Å²) in [4.78, 5) is 23.6. The maximum atomic E-state index is 11.9. The number of rotatable bonds is 9. The van der Waals surface area contributed by atoms with Crippen LogP contribution in [0, 0.1) is 0 Å². The minimum absolute atomic E-state index is 0.000184. The van der Waals surface area contributed by atoms with E-state index in [4.69, 9.17) is 9.15 Å². The SMILES string of the molecule is CCC(CC)O[C@@H]1C=C(C(=O)O)C[C@H](NCc2ccc3occc3c2)[C@H]1NC(C)=O. The van der Waals surface area contributed by atoms with Crippen molar-refractivity contribution in [3.05, 3.63) is 47.7 Å². The van der Waals surface area contributed by atoms with Gasteiger partial charge in [0.05, 0.1) is 24.5 Å². The topological polar surface area (TPSA) is 101 Å². The lowest BCUT2D eigenvalue weighted by molar-refractivity contribution is -0.133. The molecule has 7 heteroatoms. The van der Waals surface area contributed by atoms with E-state index in [1.54, 1.807) is 12.3 Å². The number of hydrogen-bond donors (Lipinski definition) is 3. The maximum Gasteiger partial charge on any atom is 0.331 e. The van der Waals surface area contributed by atoms with Gasteiger partial charge in [-0.1, -0.05) is 19.9 Å². The predicted octanol–water partition coefficient (Wildman–Crippen LogP) is 3.38. The van der Waals surface area contributed by atoms with Crippen LogP contribution in [0.15, 0.2) is 46.6 Å². The fourth-order valence-corrected chi connectivity index (χ4v) is 3.94. The standard InChI is InChI=1S/C23H30N2O5/c1-4-18(5-2)30-21-12-17(23(27)28)11-19(22(21)25-14(3)26)24-13-15-6-7-20-16(10-15)8-9-29-20/h6-10,12,18-19,21-22,24H,4-5,11,13H2,1-3H3,(H,25,26)(H,27,28)/t19-,21+,22+/m0/s1. The van der Waals surface area contributed by atoms with Crippen molar-refractivity contribution < 1.29 is 23.8 Å². The van der Waals surface area contributed by atoms with Crippen molar-refractivity contribution in [3.8, 4) is 0 Å². The average molecular weight is 415 g/mol. The molecule has 2 aromatic rings. The third-order valence-corrected chi connectivity index (χ3v) is 5.58. The van der Waals surface area contributed by atoms with E-state index in [1.807, 2.05) is 38.1 Å². The van der Waals surface area contributed by atoms with Gasteiger partial charge in [0.25, 0.3) is 0 Å². The molecule has 0 fully saturated rings. The second-order valence-electron chi connectivity index (χ2n) is 7.75. The molecule has 1 aliphatic carbocycles. The number of nitrogens with one attached hydrogen (secondary N) is 2. The molecule has 7 nitrogen and oxygen atoms in total. The lowest BCUT2D eigenvalue weighted by Gasteiger charge is -2.38.